The summed E-state index contributed by atoms with van der Waals surface area (Å²) < 4.78 is 1.33. The van der Waals surface area contributed by atoms with Crippen molar-refractivity contribution in [1.82, 2.24) is 30.5 Å². The molecule has 10 nitrogen and oxygen atoms in total. The lowest BCUT2D eigenvalue weighted by molar-refractivity contribution is 0.0690. The van der Waals surface area contributed by atoms with Gasteiger partial charge in [0, 0.05) is 6.54 Å². The standard InChI is InChI=1S/C9H11N7O3S/c1-5-12-14-9(20-5)11-8(19)10-2-3-16-4-6(7(17)18)13-15-16/h4H,2-3H2,1H3,(H,17,18)(H2,10,11,14,19). The zero-order valence-corrected chi connectivity index (χ0v) is 11.2. The second kappa shape index (κ2) is 6.06. The Balaban J connectivity index is 1.74. The molecule has 20 heavy (non-hydrogen) atoms. The lowest BCUT2D eigenvalue weighted by atomic mass is 10.5. The Morgan fingerprint density at radius 3 is 2.80 bits per heavy atom. The summed E-state index contributed by atoms with van der Waals surface area (Å²) in [5, 5.41) is 29.5. The van der Waals surface area contributed by atoms with Crippen LogP contribution in [-0.4, -0.2) is 48.8 Å². The van der Waals surface area contributed by atoms with Crippen molar-refractivity contribution in [3.63, 3.8) is 0 Å². The van der Waals surface area contributed by atoms with Crippen molar-refractivity contribution in [2.45, 2.75) is 13.5 Å². The summed E-state index contributed by atoms with van der Waals surface area (Å²) in [4.78, 5) is 22.1. The predicted octanol–water partition coefficient (Wildman–Crippen LogP) is -0.0421. The van der Waals surface area contributed by atoms with Crippen molar-refractivity contribution in [2.24, 2.45) is 0 Å². The fraction of sp³-hybridized carbons (Fsp3) is 0.333. The highest BCUT2D eigenvalue weighted by molar-refractivity contribution is 7.15. The third kappa shape index (κ3) is 3.71. The maximum atomic E-state index is 11.5. The van der Waals surface area contributed by atoms with Crippen molar-refractivity contribution in [2.75, 3.05) is 11.9 Å². The fourth-order valence-corrected chi connectivity index (χ4v) is 1.86. The minimum absolute atomic E-state index is 0.140. The normalized spacial score (nSPS) is 10.2. The number of carboxylic acids is 1. The maximum absolute atomic E-state index is 11.5. The number of aryl methyl sites for hydroxylation is 1. The first-order valence-corrected chi connectivity index (χ1v) is 6.34. The molecule has 3 N–H and O–H groups in total. The predicted molar refractivity (Wildman–Crippen MR) is 68.6 cm³/mol. The van der Waals surface area contributed by atoms with Gasteiger partial charge >= 0.3 is 12.0 Å². The Morgan fingerprint density at radius 2 is 2.20 bits per heavy atom. The Kier molecular flexibility index (Phi) is 4.20. The van der Waals surface area contributed by atoms with E-state index in [0.717, 1.165) is 5.01 Å². The largest absolute Gasteiger partial charge is 0.476 e. The van der Waals surface area contributed by atoms with Crippen molar-refractivity contribution in [3.8, 4) is 0 Å². The van der Waals surface area contributed by atoms with Crippen LogP contribution in [0.1, 0.15) is 15.5 Å². The molecule has 0 aliphatic rings. The number of nitrogens with one attached hydrogen (secondary N) is 2. The van der Waals surface area contributed by atoms with Gasteiger partial charge in [-0.25, -0.2) is 14.3 Å². The molecule has 0 fully saturated rings. The van der Waals surface area contributed by atoms with E-state index in [1.54, 1.807) is 6.92 Å². The second-order valence-electron chi connectivity index (χ2n) is 3.68. The molecule has 0 saturated carbocycles. The molecule has 106 valence electrons. The lowest BCUT2D eigenvalue weighted by Crippen LogP contribution is -2.31. The molecule has 2 rings (SSSR count). The first-order chi connectivity index (χ1) is 9.54. The van der Waals surface area contributed by atoms with Gasteiger partial charge < -0.3 is 10.4 Å². The zero-order chi connectivity index (χ0) is 14.5. The first-order valence-electron chi connectivity index (χ1n) is 5.53. The van der Waals surface area contributed by atoms with Crippen LogP contribution in [0.2, 0.25) is 0 Å². The van der Waals surface area contributed by atoms with E-state index in [1.807, 2.05) is 0 Å². The highest BCUT2D eigenvalue weighted by Gasteiger charge is 2.08. The zero-order valence-electron chi connectivity index (χ0n) is 10.4. The van der Waals surface area contributed by atoms with E-state index in [9.17, 15) is 9.59 Å². The van der Waals surface area contributed by atoms with Crippen LogP contribution < -0.4 is 10.6 Å². The highest BCUT2D eigenvalue weighted by atomic mass is 32.1. The van der Waals surface area contributed by atoms with E-state index >= 15 is 0 Å². The third-order valence-corrected chi connectivity index (χ3v) is 2.88. The van der Waals surface area contributed by atoms with E-state index < -0.39 is 12.0 Å². The van der Waals surface area contributed by atoms with Crippen LogP contribution >= 0.6 is 11.3 Å². The number of nitrogens with zero attached hydrogens (tertiary/aromatic N) is 5. The van der Waals surface area contributed by atoms with Crippen molar-refractivity contribution >= 4 is 28.5 Å². The van der Waals surface area contributed by atoms with Gasteiger partial charge in [0.15, 0.2) is 5.69 Å². The number of carbonyl (C=O) groups excluding carboxylic acids is 1. The van der Waals surface area contributed by atoms with Crippen LogP contribution in [0.4, 0.5) is 9.93 Å². The molecule has 0 unspecified atom stereocenters. The van der Waals surface area contributed by atoms with Gasteiger partial charge in [-0.05, 0) is 6.92 Å². The number of carbonyl (C=O) groups is 2. The third-order valence-electron chi connectivity index (χ3n) is 2.13. The van der Waals surface area contributed by atoms with Gasteiger partial charge in [0.2, 0.25) is 5.13 Å². The number of urea groups is 1. The van der Waals surface area contributed by atoms with Gasteiger partial charge in [-0.3, -0.25) is 5.32 Å². The van der Waals surface area contributed by atoms with Crippen LogP contribution in [0, 0.1) is 6.92 Å². The highest BCUT2D eigenvalue weighted by Crippen LogP contribution is 2.12. The smallest absolute Gasteiger partial charge is 0.358 e. The van der Waals surface area contributed by atoms with Gasteiger partial charge in [0.05, 0.1) is 12.7 Å². The Bertz CT molecular complexity index is 623. The number of aromatic carboxylic acids is 1. The summed E-state index contributed by atoms with van der Waals surface area (Å²) in [6.45, 7) is 2.36. The number of carboxylic acid groups (broad SMARTS) is 1. The molecule has 0 atom stereocenters. The Labute approximate surface area is 116 Å². The summed E-state index contributed by atoms with van der Waals surface area (Å²) in [7, 11) is 0. The van der Waals surface area contributed by atoms with Gasteiger partial charge in [-0.1, -0.05) is 16.6 Å². The number of amides is 2. The summed E-state index contributed by atoms with van der Waals surface area (Å²) in [6, 6.07) is -0.417. The Hall–Kier alpha value is -2.56. The molecule has 0 aliphatic heterocycles. The van der Waals surface area contributed by atoms with Gasteiger partial charge in [0.25, 0.3) is 0 Å². The maximum Gasteiger partial charge on any atom is 0.358 e. The number of hydrogen-bond donors (Lipinski definition) is 3. The minimum Gasteiger partial charge on any atom is -0.476 e. The molecule has 11 heteroatoms. The van der Waals surface area contributed by atoms with Gasteiger partial charge in [0.1, 0.15) is 5.01 Å². The summed E-state index contributed by atoms with van der Waals surface area (Å²) in [5.41, 5.74) is -0.140. The molecule has 2 amide bonds. The topological polar surface area (TPSA) is 135 Å². The molecule has 2 aromatic heterocycles. The monoisotopic (exact) mass is 297 g/mol. The molecule has 0 radical (unpaired) electrons. The van der Waals surface area contributed by atoms with Crippen molar-refractivity contribution < 1.29 is 14.7 Å². The van der Waals surface area contributed by atoms with Crippen molar-refractivity contribution in [3.05, 3.63) is 16.9 Å². The molecule has 2 heterocycles. The summed E-state index contributed by atoms with van der Waals surface area (Å²) >= 11 is 1.27. The quantitative estimate of drug-likeness (QED) is 0.704. The molecule has 0 aliphatic carbocycles. The molecule has 0 aromatic carbocycles. The minimum atomic E-state index is -1.14. The number of aromatic nitrogens is 5. The molecular formula is C9H11N7O3S. The van der Waals surface area contributed by atoms with E-state index in [0.29, 0.717) is 11.7 Å². The fourth-order valence-electron chi connectivity index (χ4n) is 1.28. The molecule has 0 saturated heterocycles. The van der Waals surface area contributed by atoms with Gasteiger partial charge in [-0.15, -0.1) is 15.3 Å². The molecule has 0 spiro atoms. The number of hydrogen-bond acceptors (Lipinski definition) is 7. The molecular weight excluding hydrogens is 286 g/mol. The Morgan fingerprint density at radius 1 is 1.40 bits per heavy atom. The lowest BCUT2D eigenvalue weighted by Gasteiger charge is -2.04. The molecule has 2 aromatic rings. The van der Waals surface area contributed by atoms with Crippen LogP contribution in [-0.2, 0) is 6.54 Å². The van der Waals surface area contributed by atoms with Crippen molar-refractivity contribution in [1.29, 1.82) is 0 Å². The van der Waals surface area contributed by atoms with E-state index in [1.165, 1.54) is 22.2 Å². The first kappa shape index (κ1) is 13.9. The summed E-state index contributed by atoms with van der Waals surface area (Å²) in [6.07, 6.45) is 1.29. The average molecular weight is 297 g/mol. The van der Waals surface area contributed by atoms with Crippen LogP contribution in [0.3, 0.4) is 0 Å². The van der Waals surface area contributed by atoms with Crippen LogP contribution in [0.5, 0.6) is 0 Å². The second-order valence-corrected chi connectivity index (χ2v) is 4.86. The molecule has 0 bridgehead atoms. The van der Waals surface area contributed by atoms with E-state index in [2.05, 4.69) is 31.1 Å². The average Bonchev–Trinajstić information content (AvgIpc) is 2.99. The SMILES string of the molecule is Cc1nnc(NC(=O)NCCn2cc(C(=O)O)nn2)s1. The van der Waals surface area contributed by atoms with Gasteiger partial charge in [-0.2, -0.15) is 0 Å². The summed E-state index contributed by atoms with van der Waals surface area (Å²) in [5.74, 6) is -1.14. The van der Waals surface area contributed by atoms with E-state index in [4.69, 9.17) is 5.11 Å². The van der Waals surface area contributed by atoms with E-state index in [-0.39, 0.29) is 12.2 Å². The number of rotatable bonds is 5. The van der Waals surface area contributed by atoms with Crippen LogP contribution in [0.15, 0.2) is 6.20 Å². The van der Waals surface area contributed by atoms with Crippen LogP contribution in [0.25, 0.3) is 0 Å². The number of anilines is 1.